The van der Waals surface area contributed by atoms with Gasteiger partial charge < -0.3 is 15.3 Å². The highest BCUT2D eigenvalue weighted by Crippen LogP contribution is 2.11. The van der Waals surface area contributed by atoms with Crippen molar-refractivity contribution in [3.8, 4) is 11.5 Å². The number of allylic oxidation sites excluding steroid dienone is 2. The number of carbonyl (C=O) groups is 1. The van der Waals surface area contributed by atoms with Crippen LogP contribution in [0.2, 0.25) is 0 Å². The molecule has 0 bridgehead atoms. The first-order valence-electron chi connectivity index (χ1n) is 8.19. The van der Waals surface area contributed by atoms with Crippen molar-refractivity contribution >= 4 is 17.9 Å². The van der Waals surface area contributed by atoms with Crippen LogP contribution in [0.3, 0.4) is 0 Å². The second-order valence-electron chi connectivity index (χ2n) is 4.95. The third kappa shape index (κ3) is 11.3. The van der Waals surface area contributed by atoms with Crippen LogP contribution in [0.4, 0.5) is 0 Å². The van der Waals surface area contributed by atoms with Gasteiger partial charge in [-0.1, -0.05) is 56.8 Å². The number of aliphatic hydroxyl groups excluding tert-OH is 1. The van der Waals surface area contributed by atoms with Crippen molar-refractivity contribution in [2.24, 2.45) is 0 Å². The second-order valence-corrected chi connectivity index (χ2v) is 4.95. The number of carbonyl (C=O) groups excluding carboxylic acids is 1. The molecule has 0 aliphatic heterocycles. The maximum absolute atomic E-state index is 10.5. The molecule has 2 aromatic rings. The van der Waals surface area contributed by atoms with Crippen molar-refractivity contribution in [1.29, 1.82) is 0 Å². The zero-order valence-electron chi connectivity index (χ0n) is 15.4. The Morgan fingerprint density at radius 2 is 1.15 bits per heavy atom. The third-order valence-corrected chi connectivity index (χ3v) is 2.76. The van der Waals surface area contributed by atoms with Crippen molar-refractivity contribution in [1.82, 2.24) is 0 Å². The molecule has 0 unspecified atom stereocenters. The molecular weight excluding hydrogens is 328 g/mol. The summed E-state index contributed by atoms with van der Waals surface area (Å²) < 4.78 is 0. The smallest absolute Gasteiger partial charge is 0.152 e. The lowest BCUT2D eigenvalue weighted by Gasteiger charge is -1.93. The van der Waals surface area contributed by atoms with Crippen molar-refractivity contribution in [2.45, 2.75) is 20.8 Å². The molecule has 0 aliphatic carbocycles. The molecule has 2 rings (SSSR count). The SMILES string of the molecule is C=C(O)/C=C/c1ccc(O)cc1.CC.CC(=O)/C=C/c1ccc(O)cc1. The minimum Gasteiger partial charge on any atom is -0.509 e. The van der Waals surface area contributed by atoms with E-state index < -0.39 is 0 Å². The molecule has 0 aliphatic rings. The van der Waals surface area contributed by atoms with Crippen molar-refractivity contribution in [3.05, 3.63) is 84.1 Å². The Morgan fingerprint density at radius 3 is 1.46 bits per heavy atom. The first-order chi connectivity index (χ1) is 12.4. The molecule has 0 aromatic heterocycles. The second kappa shape index (κ2) is 13.1. The number of hydrogen-bond acceptors (Lipinski definition) is 4. The molecule has 0 amide bonds. The first kappa shape index (κ1) is 22.7. The highest BCUT2D eigenvalue weighted by Gasteiger charge is 1.88. The van der Waals surface area contributed by atoms with E-state index in [2.05, 4.69) is 6.58 Å². The minimum atomic E-state index is 0.0167. The molecule has 0 saturated carbocycles. The average Bonchev–Trinajstić information content (AvgIpc) is 2.63. The molecule has 4 heteroatoms. The van der Waals surface area contributed by atoms with E-state index in [1.165, 1.54) is 19.1 Å². The predicted molar refractivity (Wildman–Crippen MR) is 108 cm³/mol. The number of aliphatic hydroxyl groups is 1. The Bertz CT molecular complexity index is 658. The lowest BCUT2D eigenvalue weighted by Crippen LogP contribution is -1.79. The molecular formula is C22H26O4. The summed E-state index contributed by atoms with van der Waals surface area (Å²) in [5.74, 6) is 0.496. The van der Waals surface area contributed by atoms with Gasteiger partial charge in [-0.3, -0.25) is 4.79 Å². The van der Waals surface area contributed by atoms with Crippen LogP contribution in [0.15, 0.2) is 73.0 Å². The van der Waals surface area contributed by atoms with Crippen molar-refractivity contribution in [3.63, 3.8) is 0 Å². The van der Waals surface area contributed by atoms with Gasteiger partial charge in [0.1, 0.15) is 17.3 Å². The van der Waals surface area contributed by atoms with Gasteiger partial charge in [-0.05, 0) is 54.5 Å². The van der Waals surface area contributed by atoms with Gasteiger partial charge in [0.15, 0.2) is 5.78 Å². The van der Waals surface area contributed by atoms with Crippen LogP contribution in [0.25, 0.3) is 12.2 Å². The Morgan fingerprint density at radius 1 is 0.808 bits per heavy atom. The predicted octanol–water partition coefficient (Wildman–Crippen LogP) is 5.50. The van der Waals surface area contributed by atoms with Crippen LogP contribution >= 0.6 is 0 Å². The van der Waals surface area contributed by atoms with E-state index in [0.29, 0.717) is 0 Å². The summed E-state index contributed by atoms with van der Waals surface area (Å²) >= 11 is 0. The fraction of sp³-hybridized carbons (Fsp3) is 0.136. The molecule has 4 nitrogen and oxygen atoms in total. The number of ketones is 1. The highest BCUT2D eigenvalue weighted by atomic mass is 16.3. The van der Waals surface area contributed by atoms with Crippen molar-refractivity contribution in [2.75, 3.05) is 0 Å². The zero-order chi connectivity index (χ0) is 19.9. The van der Waals surface area contributed by atoms with Gasteiger partial charge in [0.25, 0.3) is 0 Å². The molecule has 2 aromatic carbocycles. The van der Waals surface area contributed by atoms with Gasteiger partial charge in [-0.2, -0.15) is 0 Å². The van der Waals surface area contributed by atoms with Gasteiger partial charge >= 0.3 is 0 Å². The summed E-state index contributed by atoms with van der Waals surface area (Å²) in [6, 6.07) is 13.3. The molecule has 0 fully saturated rings. The first-order valence-corrected chi connectivity index (χ1v) is 8.19. The van der Waals surface area contributed by atoms with Gasteiger partial charge in [0.2, 0.25) is 0 Å². The fourth-order valence-electron chi connectivity index (χ4n) is 1.58. The average molecular weight is 354 g/mol. The largest absolute Gasteiger partial charge is 0.509 e. The molecule has 0 radical (unpaired) electrons. The summed E-state index contributed by atoms with van der Waals surface area (Å²) in [5.41, 5.74) is 1.81. The van der Waals surface area contributed by atoms with E-state index in [1.54, 1.807) is 60.7 Å². The number of hydrogen-bond donors (Lipinski definition) is 3. The molecule has 0 saturated heterocycles. The number of aromatic hydroxyl groups is 2. The molecule has 26 heavy (non-hydrogen) atoms. The minimum absolute atomic E-state index is 0.0167. The summed E-state index contributed by atoms with van der Waals surface area (Å²) in [6.07, 6.45) is 6.41. The normalized spacial score (nSPS) is 9.81. The van der Waals surface area contributed by atoms with Crippen LogP contribution in [0.1, 0.15) is 31.9 Å². The van der Waals surface area contributed by atoms with E-state index in [9.17, 15) is 4.79 Å². The Labute approximate surface area is 155 Å². The van der Waals surface area contributed by atoms with Crippen LogP contribution in [-0.2, 0) is 4.79 Å². The molecule has 0 heterocycles. The quantitative estimate of drug-likeness (QED) is 0.385. The summed E-state index contributed by atoms with van der Waals surface area (Å²) in [6.45, 7) is 8.80. The van der Waals surface area contributed by atoms with Crippen LogP contribution in [0.5, 0.6) is 11.5 Å². The molecule has 0 spiro atoms. The molecule has 0 atom stereocenters. The standard InChI is InChI=1S/2C10H10O2.C2H6/c2*1-8(11)2-3-9-4-6-10(12)7-5-9;1-2/h2-7,12H,1H3;2-7,11-12H,1H2;1-2H3/b2*3-2+;. The van der Waals surface area contributed by atoms with E-state index >= 15 is 0 Å². The number of rotatable bonds is 4. The monoisotopic (exact) mass is 354 g/mol. The van der Waals surface area contributed by atoms with Crippen molar-refractivity contribution < 1.29 is 20.1 Å². The molecule has 138 valence electrons. The van der Waals surface area contributed by atoms with Crippen LogP contribution in [0, 0.1) is 0 Å². The zero-order valence-corrected chi connectivity index (χ0v) is 15.4. The van der Waals surface area contributed by atoms with Gasteiger partial charge in [0, 0.05) is 0 Å². The van der Waals surface area contributed by atoms with E-state index in [4.69, 9.17) is 15.3 Å². The lowest BCUT2D eigenvalue weighted by atomic mass is 10.2. The Kier molecular flexibility index (Phi) is 11.4. The topological polar surface area (TPSA) is 77.8 Å². The van der Waals surface area contributed by atoms with Crippen LogP contribution < -0.4 is 0 Å². The molecule has 3 N–H and O–H groups in total. The highest BCUT2D eigenvalue weighted by molar-refractivity contribution is 5.91. The Balaban J connectivity index is 0.000000439. The van der Waals surface area contributed by atoms with Crippen LogP contribution in [-0.4, -0.2) is 21.1 Å². The Hall–Kier alpha value is -3.27. The van der Waals surface area contributed by atoms with E-state index in [0.717, 1.165) is 11.1 Å². The van der Waals surface area contributed by atoms with Gasteiger partial charge in [-0.25, -0.2) is 0 Å². The summed E-state index contributed by atoms with van der Waals surface area (Å²) in [7, 11) is 0. The summed E-state index contributed by atoms with van der Waals surface area (Å²) in [5, 5.41) is 26.6. The maximum atomic E-state index is 10.5. The lowest BCUT2D eigenvalue weighted by molar-refractivity contribution is -0.112. The number of benzene rings is 2. The van der Waals surface area contributed by atoms with Gasteiger partial charge in [-0.15, -0.1) is 0 Å². The number of phenolic OH excluding ortho intramolecular Hbond substituents is 2. The summed E-state index contributed by atoms with van der Waals surface area (Å²) in [4.78, 5) is 10.5. The fourth-order valence-corrected chi connectivity index (χ4v) is 1.58. The van der Waals surface area contributed by atoms with E-state index in [1.807, 2.05) is 13.8 Å². The van der Waals surface area contributed by atoms with Gasteiger partial charge in [0.05, 0.1) is 0 Å². The maximum Gasteiger partial charge on any atom is 0.152 e. The van der Waals surface area contributed by atoms with E-state index in [-0.39, 0.29) is 23.0 Å². The number of phenols is 2. The third-order valence-electron chi connectivity index (χ3n) is 2.76.